The molecule has 56 heavy (non-hydrogen) atoms. The van der Waals surface area contributed by atoms with Gasteiger partial charge in [0.2, 0.25) is 21.8 Å². The number of allylic oxidation sites excluding steroid dienone is 1. The Kier molecular flexibility index (Phi) is 10.1. The Morgan fingerprint density at radius 1 is 1.05 bits per heavy atom. The maximum atomic E-state index is 14.6. The van der Waals surface area contributed by atoms with Crippen molar-refractivity contribution in [1.82, 2.24) is 30.0 Å². The molecule has 3 fully saturated rings. The van der Waals surface area contributed by atoms with E-state index in [4.69, 9.17) is 9.15 Å². The smallest absolute Gasteiger partial charge is 0.310 e. The molecule has 0 radical (unpaired) electrons. The van der Waals surface area contributed by atoms with E-state index >= 15 is 0 Å². The molecule has 3 N–H and O–H groups in total. The third-order valence-corrected chi connectivity index (χ3v) is 13.9. The van der Waals surface area contributed by atoms with Crippen LogP contribution >= 0.6 is 11.3 Å². The standard InChI is InChI=1S/C39H42N6O9S2/c1-53-33-28(26-10-7-12-31-27(26)16-17-54-31)21-40-45(37(33)49)24-19-30-34(46)42-39(38(50)43-56(51,52)25-14-15-25)20-23(39)9-5-3-2-4-6-11-29(36(48)44(30)22-24)41-35(47)32-13-8-18-55-32/h5,7-10,12-13,16-18,21,23-25,29-30H,2-4,6,11,14-15,19-20,22H2,1H3,(H,41,47)(H,42,46)(H,43,50)/b9-5-/t23?,24?,29?,30-,39?/m0/s1. The Balaban J connectivity index is 1.15. The summed E-state index contributed by atoms with van der Waals surface area (Å²) >= 11 is 1.24. The van der Waals surface area contributed by atoms with Crippen LogP contribution in [0.1, 0.15) is 73.5 Å². The van der Waals surface area contributed by atoms with Crippen LogP contribution in [-0.4, -0.2) is 83.3 Å². The van der Waals surface area contributed by atoms with E-state index in [9.17, 15) is 32.4 Å². The summed E-state index contributed by atoms with van der Waals surface area (Å²) in [5.41, 5.74) is -0.418. The number of hydrogen-bond acceptors (Lipinski definition) is 11. The first-order chi connectivity index (χ1) is 27.0. The summed E-state index contributed by atoms with van der Waals surface area (Å²) in [6, 6.07) is 7.60. The van der Waals surface area contributed by atoms with E-state index in [-0.39, 0.29) is 25.1 Å². The summed E-state index contributed by atoms with van der Waals surface area (Å²) in [5.74, 6) is -2.90. The van der Waals surface area contributed by atoms with E-state index in [0.717, 1.165) is 18.2 Å². The van der Waals surface area contributed by atoms with E-state index in [1.165, 1.54) is 34.2 Å². The number of nitrogens with zero attached hydrogens (tertiary/aromatic N) is 3. The lowest BCUT2D eigenvalue weighted by Crippen LogP contribution is -2.58. The van der Waals surface area contributed by atoms with Gasteiger partial charge in [-0.2, -0.15) is 5.10 Å². The van der Waals surface area contributed by atoms with Gasteiger partial charge in [-0.3, -0.25) is 28.7 Å². The summed E-state index contributed by atoms with van der Waals surface area (Å²) in [6.45, 7) is -0.117. The summed E-state index contributed by atoms with van der Waals surface area (Å²) in [5, 5.41) is 12.1. The van der Waals surface area contributed by atoms with Gasteiger partial charge < -0.3 is 24.7 Å². The largest absolute Gasteiger partial charge is 0.491 e. The SMILES string of the molecule is COc1c(-c2cccc3occc23)cnn(C2C[C@H]3C(=O)NC4(C(=O)NS(=O)(=O)C5CC5)CC4/C=C\CCCCCC(NC(=O)c4cccs4)C(=O)N3C2)c1=O. The van der Waals surface area contributed by atoms with Crippen LogP contribution in [0.2, 0.25) is 0 Å². The van der Waals surface area contributed by atoms with Crippen LogP contribution in [0.5, 0.6) is 5.75 Å². The molecule has 3 aromatic heterocycles. The number of aromatic nitrogens is 2. The zero-order chi connectivity index (χ0) is 39.2. The molecule has 15 nitrogen and oxygen atoms in total. The molecular formula is C39H42N6O9S2. The zero-order valence-electron chi connectivity index (χ0n) is 30.6. The number of thiophene rings is 1. The number of sulfonamides is 1. The maximum Gasteiger partial charge on any atom is 0.310 e. The zero-order valence-corrected chi connectivity index (χ0v) is 32.3. The number of hydrogen-bond donors (Lipinski definition) is 3. The highest BCUT2D eigenvalue weighted by Crippen LogP contribution is 2.46. The topological polar surface area (TPSA) is 199 Å². The molecule has 294 valence electrons. The molecule has 1 saturated heterocycles. The number of methoxy groups -OCH3 is 1. The fraction of sp³-hybridized carbons (Fsp3) is 0.436. The second kappa shape index (κ2) is 15.0. The van der Waals surface area contributed by atoms with Crippen LogP contribution in [0, 0.1) is 5.92 Å². The van der Waals surface area contributed by atoms with E-state index in [1.54, 1.807) is 42.0 Å². The first kappa shape index (κ1) is 37.6. The minimum atomic E-state index is -3.93. The number of fused-ring (bicyclic) bond motifs is 3. The van der Waals surface area contributed by atoms with Crippen LogP contribution in [0.15, 0.2) is 75.6 Å². The number of benzene rings is 1. The van der Waals surface area contributed by atoms with Gasteiger partial charge in [0.25, 0.3) is 11.8 Å². The summed E-state index contributed by atoms with van der Waals surface area (Å²) in [4.78, 5) is 72.2. The van der Waals surface area contributed by atoms with Gasteiger partial charge in [-0.25, -0.2) is 13.1 Å². The van der Waals surface area contributed by atoms with Crippen molar-refractivity contribution in [2.24, 2.45) is 5.92 Å². The number of carbonyl (C=O) groups excluding carboxylic acids is 4. The summed E-state index contributed by atoms with van der Waals surface area (Å²) in [7, 11) is -2.55. The van der Waals surface area contributed by atoms with E-state index < -0.39 is 74.0 Å². The van der Waals surface area contributed by atoms with Crippen molar-refractivity contribution in [2.75, 3.05) is 13.7 Å². The van der Waals surface area contributed by atoms with E-state index in [0.29, 0.717) is 53.7 Å². The minimum absolute atomic E-state index is 0.00938. The molecule has 8 rings (SSSR count). The lowest BCUT2D eigenvalue weighted by Gasteiger charge is -2.30. The molecule has 4 unspecified atom stereocenters. The van der Waals surface area contributed by atoms with Gasteiger partial charge in [0.1, 0.15) is 23.2 Å². The molecule has 5 heterocycles. The van der Waals surface area contributed by atoms with E-state index in [1.807, 2.05) is 18.2 Å². The fourth-order valence-corrected chi connectivity index (χ4v) is 9.91. The fourth-order valence-electron chi connectivity index (χ4n) is 7.92. The quantitative estimate of drug-likeness (QED) is 0.221. The molecule has 0 bridgehead atoms. The molecule has 2 aliphatic carbocycles. The van der Waals surface area contributed by atoms with Gasteiger partial charge in [-0.1, -0.05) is 43.2 Å². The second-order valence-corrected chi connectivity index (χ2v) is 17.8. The molecule has 5 atom stereocenters. The lowest BCUT2D eigenvalue weighted by atomic mass is 10.0. The van der Waals surface area contributed by atoms with Gasteiger partial charge in [0.15, 0.2) is 5.75 Å². The molecule has 2 aliphatic heterocycles. The van der Waals surface area contributed by atoms with Crippen molar-refractivity contribution in [3.05, 3.63) is 81.6 Å². The minimum Gasteiger partial charge on any atom is -0.491 e. The van der Waals surface area contributed by atoms with Crippen LogP contribution in [0.3, 0.4) is 0 Å². The number of ether oxygens (including phenoxy) is 1. The Labute approximate surface area is 326 Å². The normalized spacial score (nSPS) is 26.3. The molecule has 4 amide bonds. The number of rotatable bonds is 8. The molecule has 2 saturated carbocycles. The van der Waals surface area contributed by atoms with Crippen molar-refractivity contribution in [2.45, 2.75) is 86.7 Å². The van der Waals surface area contributed by atoms with Crippen molar-refractivity contribution in [3.63, 3.8) is 0 Å². The van der Waals surface area contributed by atoms with Crippen molar-refractivity contribution in [3.8, 4) is 16.9 Å². The van der Waals surface area contributed by atoms with Crippen molar-refractivity contribution < 1.29 is 36.7 Å². The maximum absolute atomic E-state index is 14.6. The van der Waals surface area contributed by atoms with Gasteiger partial charge in [0.05, 0.1) is 41.3 Å². The molecule has 4 aliphatic rings. The molecule has 4 aromatic rings. The van der Waals surface area contributed by atoms with Crippen molar-refractivity contribution in [1.29, 1.82) is 0 Å². The van der Waals surface area contributed by atoms with Crippen molar-refractivity contribution >= 4 is 56.0 Å². The first-order valence-electron chi connectivity index (χ1n) is 18.8. The molecule has 0 spiro atoms. The highest BCUT2D eigenvalue weighted by atomic mass is 32.2. The van der Waals surface area contributed by atoms with Crippen LogP contribution < -0.4 is 25.7 Å². The average Bonchev–Trinajstić information content (AvgIpc) is 3.91. The second-order valence-electron chi connectivity index (χ2n) is 14.9. The summed E-state index contributed by atoms with van der Waals surface area (Å²) < 4.78 is 40.4. The Hall–Kier alpha value is -5.29. The lowest BCUT2D eigenvalue weighted by molar-refractivity contribution is -0.141. The highest BCUT2D eigenvalue weighted by Gasteiger charge is 2.62. The van der Waals surface area contributed by atoms with Crippen LogP contribution in [-0.2, 0) is 24.4 Å². The summed E-state index contributed by atoms with van der Waals surface area (Å²) in [6.07, 6.45) is 11.0. The molecular weight excluding hydrogens is 761 g/mol. The third kappa shape index (κ3) is 7.13. The van der Waals surface area contributed by atoms with E-state index in [2.05, 4.69) is 20.5 Å². The average molecular weight is 803 g/mol. The number of furan rings is 1. The Bertz CT molecular complexity index is 2390. The third-order valence-electron chi connectivity index (χ3n) is 11.2. The van der Waals surface area contributed by atoms with Crippen LogP contribution in [0.4, 0.5) is 0 Å². The number of carbonyl (C=O) groups is 4. The monoisotopic (exact) mass is 802 g/mol. The molecule has 17 heteroatoms. The molecule has 1 aromatic carbocycles. The predicted molar refractivity (Wildman–Crippen MR) is 206 cm³/mol. The highest BCUT2D eigenvalue weighted by molar-refractivity contribution is 7.91. The first-order valence-corrected chi connectivity index (χ1v) is 21.3. The van der Waals surface area contributed by atoms with Gasteiger partial charge in [-0.05, 0) is 67.7 Å². The number of amides is 4. The van der Waals surface area contributed by atoms with Gasteiger partial charge >= 0.3 is 5.56 Å². The van der Waals surface area contributed by atoms with Crippen LogP contribution in [0.25, 0.3) is 22.1 Å². The van der Waals surface area contributed by atoms with Gasteiger partial charge in [-0.15, -0.1) is 11.3 Å². The Morgan fingerprint density at radius 2 is 1.89 bits per heavy atom. The number of nitrogens with one attached hydrogen (secondary N) is 3. The van der Waals surface area contributed by atoms with Gasteiger partial charge in [0, 0.05) is 24.3 Å². The predicted octanol–water partition coefficient (Wildman–Crippen LogP) is 3.67. The Morgan fingerprint density at radius 3 is 2.66 bits per heavy atom.